The SMILES string of the molecule is O=C(N[C@@H](CCCCNC(=O)c1ccccc1SCCO)c1ncc(-c2ccc3ccccc3c2)[nH]1)c1cncs1. The summed E-state index contributed by atoms with van der Waals surface area (Å²) in [6.45, 7) is 0.564. The van der Waals surface area contributed by atoms with Crippen LogP contribution < -0.4 is 10.6 Å². The van der Waals surface area contributed by atoms with Crippen molar-refractivity contribution in [2.75, 3.05) is 18.9 Å². The first kappa shape index (κ1) is 28.5. The van der Waals surface area contributed by atoms with E-state index in [-0.39, 0.29) is 24.5 Å². The zero-order valence-corrected chi connectivity index (χ0v) is 24.0. The first-order chi connectivity index (χ1) is 20.1. The van der Waals surface area contributed by atoms with Crippen molar-refractivity contribution in [3.8, 4) is 11.3 Å². The number of aliphatic hydroxyl groups is 1. The number of H-pyrrole nitrogens is 1. The predicted molar refractivity (Wildman–Crippen MR) is 164 cm³/mol. The van der Waals surface area contributed by atoms with E-state index >= 15 is 0 Å². The maximum Gasteiger partial charge on any atom is 0.263 e. The second kappa shape index (κ2) is 14.1. The molecule has 2 heterocycles. The molecule has 5 aromatic rings. The van der Waals surface area contributed by atoms with Gasteiger partial charge >= 0.3 is 0 Å². The van der Waals surface area contributed by atoms with Crippen molar-refractivity contribution in [3.05, 3.63) is 101 Å². The van der Waals surface area contributed by atoms with E-state index in [0.29, 0.717) is 35.0 Å². The molecule has 0 unspecified atom stereocenters. The number of nitrogens with zero attached hydrogens (tertiary/aromatic N) is 2. The molecule has 2 aromatic heterocycles. The average Bonchev–Trinajstić information content (AvgIpc) is 3.72. The van der Waals surface area contributed by atoms with Gasteiger partial charge in [0.1, 0.15) is 10.7 Å². The third kappa shape index (κ3) is 7.40. The molecule has 0 fully saturated rings. The van der Waals surface area contributed by atoms with Gasteiger partial charge in [0, 0.05) is 22.8 Å². The first-order valence-corrected chi connectivity index (χ1v) is 15.3. The van der Waals surface area contributed by atoms with E-state index in [1.165, 1.54) is 28.5 Å². The molecular formula is C31H31N5O3S2. The lowest BCUT2D eigenvalue weighted by Gasteiger charge is -2.16. The Morgan fingerprint density at radius 3 is 2.63 bits per heavy atom. The Balaban J connectivity index is 1.22. The second-order valence-electron chi connectivity index (χ2n) is 9.46. The summed E-state index contributed by atoms with van der Waals surface area (Å²) in [7, 11) is 0. The summed E-state index contributed by atoms with van der Waals surface area (Å²) < 4.78 is 0. The molecule has 0 aliphatic carbocycles. The van der Waals surface area contributed by atoms with Crippen LogP contribution in [0.4, 0.5) is 0 Å². The molecule has 0 saturated carbocycles. The van der Waals surface area contributed by atoms with Crippen LogP contribution in [0, 0.1) is 0 Å². The van der Waals surface area contributed by atoms with Crippen molar-refractivity contribution < 1.29 is 14.7 Å². The Kier molecular flexibility index (Phi) is 9.79. The van der Waals surface area contributed by atoms with E-state index < -0.39 is 0 Å². The Hall–Kier alpha value is -3.99. The molecule has 0 bridgehead atoms. The number of carbonyl (C=O) groups is 2. The summed E-state index contributed by atoms with van der Waals surface area (Å²) in [6, 6.07) is 21.6. The molecule has 2 amide bonds. The highest BCUT2D eigenvalue weighted by molar-refractivity contribution is 7.99. The van der Waals surface area contributed by atoms with Gasteiger partial charge in [-0.05, 0) is 48.2 Å². The molecule has 0 saturated heterocycles. The summed E-state index contributed by atoms with van der Waals surface area (Å²) in [6.07, 6.45) is 5.52. The number of aromatic nitrogens is 3. The standard InChI is InChI=1S/C31H31N5O3S2/c37-15-16-40-27-11-4-3-9-24(27)30(38)33-14-6-5-10-25(36-31(39)28-19-32-20-41-28)29-34-18-26(35-29)23-13-12-21-7-1-2-8-22(21)17-23/h1-4,7-9,11-13,17-20,25,37H,5-6,10,14-16H2,(H,33,38)(H,34,35)(H,36,39)/t25-/m0/s1. The number of rotatable bonds is 13. The molecule has 4 N–H and O–H groups in total. The van der Waals surface area contributed by atoms with Crippen molar-refractivity contribution in [2.45, 2.75) is 30.2 Å². The number of fused-ring (bicyclic) bond motifs is 1. The predicted octanol–water partition coefficient (Wildman–Crippen LogP) is 5.84. The van der Waals surface area contributed by atoms with Crippen LogP contribution in [0.15, 0.2) is 89.5 Å². The normalized spacial score (nSPS) is 11.8. The van der Waals surface area contributed by atoms with Gasteiger partial charge in [0.2, 0.25) is 0 Å². The van der Waals surface area contributed by atoms with E-state index in [9.17, 15) is 9.59 Å². The van der Waals surface area contributed by atoms with Gasteiger partial charge in [0.15, 0.2) is 0 Å². The number of thiazole rings is 1. The highest BCUT2D eigenvalue weighted by Gasteiger charge is 2.20. The molecule has 210 valence electrons. The Morgan fingerprint density at radius 1 is 0.976 bits per heavy atom. The maximum atomic E-state index is 12.9. The Bertz CT molecular complexity index is 1600. The van der Waals surface area contributed by atoms with Crippen molar-refractivity contribution >= 4 is 45.7 Å². The molecule has 5 rings (SSSR count). The number of benzene rings is 3. The monoisotopic (exact) mass is 585 g/mol. The Labute approximate surface area is 246 Å². The summed E-state index contributed by atoms with van der Waals surface area (Å²) in [5, 5.41) is 17.6. The molecule has 0 spiro atoms. The summed E-state index contributed by atoms with van der Waals surface area (Å²) in [5.41, 5.74) is 4.15. The van der Waals surface area contributed by atoms with Crippen LogP contribution in [0.1, 0.15) is 51.2 Å². The first-order valence-electron chi connectivity index (χ1n) is 13.5. The fourth-order valence-electron chi connectivity index (χ4n) is 4.56. The third-order valence-electron chi connectivity index (χ3n) is 6.63. The number of hydrogen-bond donors (Lipinski definition) is 4. The molecule has 1 atom stereocenters. The minimum Gasteiger partial charge on any atom is -0.396 e. The van der Waals surface area contributed by atoms with Gasteiger partial charge in [-0.1, -0.05) is 48.5 Å². The van der Waals surface area contributed by atoms with Gasteiger partial charge in [0.25, 0.3) is 11.8 Å². The van der Waals surface area contributed by atoms with Gasteiger partial charge in [-0.15, -0.1) is 23.1 Å². The van der Waals surface area contributed by atoms with Crippen LogP contribution in [-0.2, 0) is 0 Å². The van der Waals surface area contributed by atoms with Gasteiger partial charge in [-0.2, -0.15) is 0 Å². The van der Waals surface area contributed by atoms with Crippen LogP contribution in [0.2, 0.25) is 0 Å². The van der Waals surface area contributed by atoms with Crippen LogP contribution in [-0.4, -0.2) is 50.8 Å². The number of thioether (sulfide) groups is 1. The number of nitrogens with one attached hydrogen (secondary N) is 3. The highest BCUT2D eigenvalue weighted by Crippen LogP contribution is 2.26. The van der Waals surface area contributed by atoms with Crippen molar-refractivity contribution in [3.63, 3.8) is 0 Å². The van der Waals surface area contributed by atoms with E-state index in [0.717, 1.165) is 34.4 Å². The molecule has 3 aromatic carbocycles. The topological polar surface area (TPSA) is 120 Å². The number of amides is 2. The minimum absolute atomic E-state index is 0.0563. The van der Waals surface area contributed by atoms with Crippen LogP contribution >= 0.6 is 23.1 Å². The lowest BCUT2D eigenvalue weighted by molar-refractivity contribution is 0.0935. The zero-order valence-electron chi connectivity index (χ0n) is 22.4. The smallest absolute Gasteiger partial charge is 0.263 e. The van der Waals surface area contributed by atoms with Crippen LogP contribution in [0.5, 0.6) is 0 Å². The van der Waals surface area contributed by atoms with E-state index in [2.05, 4.69) is 55.9 Å². The molecule has 0 aliphatic rings. The number of imidazole rings is 1. The number of aliphatic hydroxyl groups excluding tert-OH is 1. The van der Waals surface area contributed by atoms with Gasteiger partial charge in [-0.25, -0.2) is 4.98 Å². The van der Waals surface area contributed by atoms with Crippen molar-refractivity contribution in [1.29, 1.82) is 0 Å². The quantitative estimate of drug-likeness (QED) is 0.102. The molecule has 8 nitrogen and oxygen atoms in total. The summed E-state index contributed by atoms with van der Waals surface area (Å²) in [5.74, 6) is 0.900. The van der Waals surface area contributed by atoms with E-state index in [1.54, 1.807) is 24.0 Å². The fraction of sp³-hybridized carbons (Fsp3) is 0.226. The molecule has 0 aliphatic heterocycles. The van der Waals surface area contributed by atoms with Gasteiger partial charge in [0.05, 0.1) is 41.8 Å². The minimum atomic E-state index is -0.329. The van der Waals surface area contributed by atoms with E-state index in [4.69, 9.17) is 5.11 Å². The van der Waals surface area contributed by atoms with Crippen molar-refractivity contribution in [2.24, 2.45) is 0 Å². The van der Waals surface area contributed by atoms with Crippen LogP contribution in [0.25, 0.3) is 22.0 Å². The largest absolute Gasteiger partial charge is 0.396 e. The van der Waals surface area contributed by atoms with Crippen molar-refractivity contribution in [1.82, 2.24) is 25.6 Å². The second-order valence-corrected chi connectivity index (χ2v) is 11.5. The molecule has 41 heavy (non-hydrogen) atoms. The molecular weight excluding hydrogens is 555 g/mol. The Morgan fingerprint density at radius 2 is 1.80 bits per heavy atom. The fourth-order valence-corrected chi connectivity index (χ4v) is 5.88. The lowest BCUT2D eigenvalue weighted by atomic mass is 10.1. The number of aromatic amines is 1. The highest BCUT2D eigenvalue weighted by atomic mass is 32.2. The van der Waals surface area contributed by atoms with Gasteiger partial charge < -0.3 is 20.7 Å². The third-order valence-corrected chi connectivity index (χ3v) is 8.46. The summed E-state index contributed by atoms with van der Waals surface area (Å²) in [4.78, 5) is 39.2. The lowest BCUT2D eigenvalue weighted by Crippen LogP contribution is -2.29. The summed E-state index contributed by atoms with van der Waals surface area (Å²) >= 11 is 2.75. The van der Waals surface area contributed by atoms with Gasteiger partial charge in [-0.3, -0.25) is 14.6 Å². The molecule has 10 heteroatoms. The number of hydrogen-bond acceptors (Lipinski definition) is 7. The maximum absolute atomic E-state index is 12.9. The van der Waals surface area contributed by atoms with E-state index in [1.807, 2.05) is 30.3 Å². The number of carbonyl (C=O) groups excluding carboxylic acids is 2. The number of unbranched alkanes of at least 4 members (excludes halogenated alkanes) is 1. The van der Waals surface area contributed by atoms with Crippen LogP contribution in [0.3, 0.4) is 0 Å². The molecule has 0 radical (unpaired) electrons. The average molecular weight is 586 g/mol. The zero-order chi connectivity index (χ0) is 28.4.